The zero-order valence-electron chi connectivity index (χ0n) is 22.2. The Balaban J connectivity index is 1.58. The summed E-state index contributed by atoms with van der Waals surface area (Å²) < 4.78 is 11.6. The van der Waals surface area contributed by atoms with Gasteiger partial charge in [0.2, 0.25) is 11.8 Å². The number of amides is 3. The molecule has 2 aromatic rings. The molecule has 2 saturated heterocycles. The number of benzene rings is 2. The van der Waals surface area contributed by atoms with Crippen molar-refractivity contribution < 1.29 is 23.9 Å². The molecule has 0 N–H and O–H groups in total. The summed E-state index contributed by atoms with van der Waals surface area (Å²) in [7, 11) is 3.33. The first-order chi connectivity index (χ1) is 17.7. The van der Waals surface area contributed by atoms with Crippen molar-refractivity contribution in [3.05, 3.63) is 65.7 Å². The zero-order valence-corrected chi connectivity index (χ0v) is 22.2. The molecule has 8 nitrogen and oxygen atoms in total. The van der Waals surface area contributed by atoms with E-state index in [0.717, 1.165) is 5.56 Å². The molecule has 2 aliphatic heterocycles. The van der Waals surface area contributed by atoms with Gasteiger partial charge in [0.15, 0.2) is 0 Å². The molecule has 1 spiro atoms. The number of piperidine rings is 1. The number of likely N-dealkylation sites (tertiary alicyclic amines) is 1. The number of ether oxygens (including phenoxy) is 2. The third kappa shape index (κ3) is 5.80. The number of carbonyl (C=O) groups excluding carboxylic acids is 3. The number of likely N-dealkylation sites (N-methyl/N-ethyl adjacent to an activating group) is 1. The lowest BCUT2D eigenvalue weighted by atomic mass is 9.95. The van der Waals surface area contributed by atoms with Gasteiger partial charge in [-0.3, -0.25) is 19.3 Å². The van der Waals surface area contributed by atoms with Crippen LogP contribution in [-0.4, -0.2) is 78.0 Å². The molecular formula is C29H37N3O5. The third-order valence-electron chi connectivity index (χ3n) is 7.22. The largest absolute Gasteiger partial charge is 0.497 e. The van der Waals surface area contributed by atoms with Crippen LogP contribution in [0, 0.1) is 5.92 Å². The van der Waals surface area contributed by atoms with E-state index in [1.165, 1.54) is 0 Å². The van der Waals surface area contributed by atoms with Gasteiger partial charge >= 0.3 is 0 Å². The summed E-state index contributed by atoms with van der Waals surface area (Å²) in [5.41, 5.74) is 0.545. The van der Waals surface area contributed by atoms with Crippen LogP contribution < -0.4 is 4.74 Å². The monoisotopic (exact) mass is 507 g/mol. The van der Waals surface area contributed by atoms with Gasteiger partial charge in [-0.25, -0.2) is 0 Å². The van der Waals surface area contributed by atoms with Crippen molar-refractivity contribution in [1.82, 2.24) is 14.7 Å². The van der Waals surface area contributed by atoms with Crippen LogP contribution >= 0.6 is 0 Å². The van der Waals surface area contributed by atoms with Gasteiger partial charge in [0.1, 0.15) is 17.5 Å². The van der Waals surface area contributed by atoms with Crippen LogP contribution in [0.25, 0.3) is 0 Å². The molecule has 0 bridgehead atoms. The zero-order chi connectivity index (χ0) is 26.6. The predicted molar refractivity (Wildman–Crippen MR) is 140 cm³/mol. The molecule has 0 aromatic heterocycles. The van der Waals surface area contributed by atoms with E-state index in [-0.39, 0.29) is 30.2 Å². The van der Waals surface area contributed by atoms with E-state index in [0.29, 0.717) is 50.2 Å². The Hall–Kier alpha value is -3.39. The van der Waals surface area contributed by atoms with Gasteiger partial charge in [-0.15, -0.1) is 0 Å². The number of rotatable bonds is 7. The van der Waals surface area contributed by atoms with E-state index in [1.54, 1.807) is 48.2 Å². The van der Waals surface area contributed by atoms with E-state index < -0.39 is 11.8 Å². The van der Waals surface area contributed by atoms with Crippen molar-refractivity contribution in [2.75, 3.05) is 33.9 Å². The fourth-order valence-corrected chi connectivity index (χ4v) is 5.20. The average molecular weight is 508 g/mol. The average Bonchev–Trinajstić information content (AvgIpc) is 3.26. The molecule has 1 atom stereocenters. The molecule has 2 heterocycles. The molecule has 3 amide bonds. The van der Waals surface area contributed by atoms with E-state index in [2.05, 4.69) is 0 Å². The maximum atomic E-state index is 13.9. The summed E-state index contributed by atoms with van der Waals surface area (Å²) in [6.45, 7) is 5.59. The van der Waals surface area contributed by atoms with Gasteiger partial charge in [0.05, 0.1) is 13.7 Å². The van der Waals surface area contributed by atoms with E-state index in [9.17, 15) is 14.4 Å². The molecular weight excluding hydrogens is 470 g/mol. The van der Waals surface area contributed by atoms with Crippen LogP contribution in [0.5, 0.6) is 5.75 Å². The van der Waals surface area contributed by atoms with E-state index in [4.69, 9.17) is 9.47 Å². The highest BCUT2D eigenvalue weighted by molar-refractivity contribution is 5.98. The lowest BCUT2D eigenvalue weighted by molar-refractivity contribution is -0.145. The molecule has 2 aromatic carbocycles. The van der Waals surface area contributed by atoms with Crippen LogP contribution in [0.1, 0.15) is 49.0 Å². The molecule has 1 unspecified atom stereocenters. The number of methoxy groups -OCH3 is 1. The fraction of sp³-hybridized carbons (Fsp3) is 0.483. The van der Waals surface area contributed by atoms with Gasteiger partial charge in [-0.2, -0.15) is 0 Å². The number of hydrogen-bond donors (Lipinski definition) is 0. The molecule has 2 aliphatic rings. The standard InChI is InChI=1S/C29H37N3O5/c1-21(2)18-26(33)31-16-14-29(15-17-31)32(27(34)23-10-12-24(36-4)13-11-23)25(20-37-29)28(35)30(3)19-22-8-6-5-7-9-22/h5-13,21,25H,14-20H2,1-4H3. The van der Waals surface area contributed by atoms with E-state index in [1.807, 2.05) is 49.1 Å². The molecule has 2 fully saturated rings. The maximum Gasteiger partial charge on any atom is 0.256 e. The Morgan fingerprint density at radius 1 is 1.05 bits per heavy atom. The summed E-state index contributed by atoms with van der Waals surface area (Å²) in [6, 6.07) is 15.9. The highest BCUT2D eigenvalue weighted by Gasteiger charge is 2.54. The van der Waals surface area contributed by atoms with Crippen molar-refractivity contribution in [3.63, 3.8) is 0 Å². The Bertz CT molecular complexity index is 1090. The second-order valence-corrected chi connectivity index (χ2v) is 10.3. The summed E-state index contributed by atoms with van der Waals surface area (Å²) >= 11 is 0. The molecule has 0 radical (unpaired) electrons. The molecule has 37 heavy (non-hydrogen) atoms. The minimum atomic E-state index is -0.931. The maximum absolute atomic E-state index is 13.9. The summed E-state index contributed by atoms with van der Waals surface area (Å²) in [5, 5.41) is 0. The quantitative estimate of drug-likeness (QED) is 0.573. The normalized spacial score (nSPS) is 18.8. The predicted octanol–water partition coefficient (Wildman–Crippen LogP) is 3.56. The van der Waals surface area contributed by atoms with Crippen LogP contribution in [0.2, 0.25) is 0 Å². The molecule has 0 saturated carbocycles. The highest BCUT2D eigenvalue weighted by atomic mass is 16.5. The lowest BCUT2D eigenvalue weighted by Gasteiger charge is -2.45. The second kappa shape index (κ2) is 11.3. The first-order valence-corrected chi connectivity index (χ1v) is 12.9. The smallest absolute Gasteiger partial charge is 0.256 e. The Labute approximate surface area is 219 Å². The van der Waals surface area contributed by atoms with Crippen molar-refractivity contribution >= 4 is 17.7 Å². The molecule has 8 heteroatoms. The minimum absolute atomic E-state index is 0.117. The topological polar surface area (TPSA) is 79.4 Å². The van der Waals surface area contributed by atoms with Crippen LogP contribution in [0.15, 0.2) is 54.6 Å². The SMILES string of the molecule is COc1ccc(C(=O)N2C(C(=O)N(C)Cc3ccccc3)COC23CCN(C(=O)CC(C)C)CC3)cc1. The van der Waals surface area contributed by atoms with Gasteiger partial charge < -0.3 is 19.3 Å². The lowest BCUT2D eigenvalue weighted by Crippen LogP contribution is -2.59. The summed E-state index contributed by atoms with van der Waals surface area (Å²) in [5.74, 6) is 0.623. The number of hydrogen-bond acceptors (Lipinski definition) is 5. The van der Waals surface area contributed by atoms with Crippen molar-refractivity contribution in [2.24, 2.45) is 5.92 Å². The second-order valence-electron chi connectivity index (χ2n) is 10.3. The Kier molecular flexibility index (Phi) is 8.17. The van der Waals surface area contributed by atoms with Crippen LogP contribution in [0.4, 0.5) is 0 Å². The van der Waals surface area contributed by atoms with Gasteiger partial charge in [0, 0.05) is 51.5 Å². The molecule has 4 rings (SSSR count). The van der Waals surface area contributed by atoms with Gasteiger partial charge in [0.25, 0.3) is 5.91 Å². The fourth-order valence-electron chi connectivity index (χ4n) is 5.20. The Morgan fingerprint density at radius 2 is 1.70 bits per heavy atom. The highest BCUT2D eigenvalue weighted by Crippen LogP contribution is 2.39. The number of nitrogens with zero attached hydrogens (tertiary/aromatic N) is 3. The first kappa shape index (κ1) is 26.7. The summed E-state index contributed by atoms with van der Waals surface area (Å²) in [4.78, 5) is 45.4. The molecule has 0 aliphatic carbocycles. The van der Waals surface area contributed by atoms with Crippen molar-refractivity contribution in [2.45, 2.75) is 51.4 Å². The van der Waals surface area contributed by atoms with Crippen molar-refractivity contribution in [1.29, 1.82) is 0 Å². The third-order valence-corrected chi connectivity index (χ3v) is 7.22. The Morgan fingerprint density at radius 3 is 2.30 bits per heavy atom. The number of carbonyl (C=O) groups is 3. The van der Waals surface area contributed by atoms with Crippen molar-refractivity contribution in [3.8, 4) is 5.75 Å². The summed E-state index contributed by atoms with van der Waals surface area (Å²) in [6.07, 6.45) is 1.42. The first-order valence-electron chi connectivity index (χ1n) is 12.9. The molecule has 198 valence electrons. The van der Waals surface area contributed by atoms with Gasteiger partial charge in [-0.1, -0.05) is 44.2 Å². The minimum Gasteiger partial charge on any atom is -0.497 e. The van der Waals surface area contributed by atoms with Gasteiger partial charge in [-0.05, 0) is 35.7 Å². The van der Waals surface area contributed by atoms with Crippen LogP contribution in [-0.2, 0) is 20.9 Å². The van der Waals surface area contributed by atoms with E-state index >= 15 is 0 Å². The van der Waals surface area contributed by atoms with Crippen LogP contribution in [0.3, 0.4) is 0 Å².